The quantitative estimate of drug-likeness (QED) is 0.622. The van der Waals surface area contributed by atoms with Gasteiger partial charge in [0.25, 0.3) is 5.56 Å². The maximum absolute atomic E-state index is 11.4. The second kappa shape index (κ2) is 3.39. The van der Waals surface area contributed by atoms with Gasteiger partial charge in [0.1, 0.15) is 0 Å². The van der Waals surface area contributed by atoms with Crippen LogP contribution in [0.5, 0.6) is 0 Å². The van der Waals surface area contributed by atoms with E-state index in [4.69, 9.17) is 4.84 Å². The van der Waals surface area contributed by atoms with E-state index in [1.54, 1.807) is 6.92 Å². The molecule has 0 radical (unpaired) electrons. The van der Waals surface area contributed by atoms with Gasteiger partial charge in [-0.05, 0) is 6.92 Å². The van der Waals surface area contributed by atoms with Crippen molar-refractivity contribution in [1.82, 2.24) is 15.0 Å². The molecule has 2 heterocycles. The molecule has 0 spiro atoms. The molecule has 6 nitrogen and oxygen atoms in total. The topological polar surface area (TPSA) is 76.1 Å². The molecule has 1 aliphatic heterocycles. The first kappa shape index (κ1) is 9.17. The van der Waals surface area contributed by atoms with Gasteiger partial charge in [-0.25, -0.2) is 4.79 Å². The number of hydroxylamine groups is 1. The SMILES string of the molecule is Cc1cn([C@@H]2CCNO2)c(=O)[nH]c1=O. The second-order valence-electron chi connectivity index (χ2n) is 3.23. The summed E-state index contributed by atoms with van der Waals surface area (Å²) in [5.41, 5.74) is 2.39. The fourth-order valence-electron chi connectivity index (χ4n) is 1.39. The van der Waals surface area contributed by atoms with Crippen molar-refractivity contribution in [2.75, 3.05) is 6.54 Å². The lowest BCUT2D eigenvalue weighted by Crippen LogP contribution is -2.33. The van der Waals surface area contributed by atoms with Gasteiger partial charge >= 0.3 is 5.69 Å². The molecule has 0 bridgehead atoms. The molecule has 1 aromatic heterocycles. The summed E-state index contributed by atoms with van der Waals surface area (Å²) in [4.78, 5) is 29.8. The number of rotatable bonds is 1. The van der Waals surface area contributed by atoms with Crippen molar-refractivity contribution in [3.8, 4) is 0 Å². The summed E-state index contributed by atoms with van der Waals surface area (Å²) in [6.45, 7) is 2.35. The summed E-state index contributed by atoms with van der Waals surface area (Å²) in [6.07, 6.45) is 1.91. The number of nitrogens with zero attached hydrogens (tertiary/aromatic N) is 1. The Bertz CT molecular complexity index is 442. The van der Waals surface area contributed by atoms with E-state index in [-0.39, 0.29) is 11.8 Å². The minimum absolute atomic E-state index is 0.321. The Balaban J connectivity index is 2.47. The van der Waals surface area contributed by atoms with Gasteiger partial charge < -0.3 is 0 Å². The van der Waals surface area contributed by atoms with E-state index in [1.807, 2.05) is 0 Å². The molecule has 1 atom stereocenters. The molecule has 2 rings (SSSR count). The number of hydrogen-bond acceptors (Lipinski definition) is 4. The second-order valence-corrected chi connectivity index (χ2v) is 3.23. The number of H-pyrrole nitrogens is 1. The molecular weight excluding hydrogens is 186 g/mol. The van der Waals surface area contributed by atoms with Crippen LogP contribution in [0.2, 0.25) is 0 Å². The van der Waals surface area contributed by atoms with Crippen molar-refractivity contribution in [1.29, 1.82) is 0 Å². The monoisotopic (exact) mass is 197 g/mol. The van der Waals surface area contributed by atoms with E-state index in [1.165, 1.54) is 10.8 Å². The molecule has 1 aliphatic rings. The van der Waals surface area contributed by atoms with Crippen molar-refractivity contribution in [3.63, 3.8) is 0 Å². The van der Waals surface area contributed by atoms with Crippen molar-refractivity contribution in [3.05, 3.63) is 32.6 Å². The van der Waals surface area contributed by atoms with Gasteiger partial charge in [0.15, 0.2) is 6.23 Å². The van der Waals surface area contributed by atoms with E-state index in [0.29, 0.717) is 18.5 Å². The Labute approximate surface area is 79.5 Å². The van der Waals surface area contributed by atoms with Crippen LogP contribution in [0.1, 0.15) is 18.2 Å². The molecule has 6 heteroatoms. The molecule has 0 unspecified atom stereocenters. The summed E-state index contributed by atoms with van der Waals surface area (Å²) in [5.74, 6) is 0. The van der Waals surface area contributed by atoms with E-state index in [2.05, 4.69) is 10.5 Å². The standard InChI is InChI=1S/C8H11N3O3/c1-5-4-11(6-2-3-9-14-6)8(13)10-7(5)12/h4,6,9H,2-3H2,1H3,(H,10,12,13)/t6-/m0/s1. The molecule has 1 fully saturated rings. The molecule has 2 N–H and O–H groups in total. The van der Waals surface area contributed by atoms with Gasteiger partial charge in [-0.15, -0.1) is 0 Å². The zero-order chi connectivity index (χ0) is 10.1. The molecule has 1 saturated heterocycles. The zero-order valence-corrected chi connectivity index (χ0v) is 7.74. The fourth-order valence-corrected chi connectivity index (χ4v) is 1.39. The van der Waals surface area contributed by atoms with Crippen LogP contribution in [0.15, 0.2) is 15.8 Å². The Morgan fingerprint density at radius 1 is 1.57 bits per heavy atom. The maximum atomic E-state index is 11.4. The van der Waals surface area contributed by atoms with Crippen LogP contribution in [0.25, 0.3) is 0 Å². The first-order chi connectivity index (χ1) is 6.68. The third-order valence-corrected chi connectivity index (χ3v) is 2.17. The third-order valence-electron chi connectivity index (χ3n) is 2.17. The number of nitrogens with one attached hydrogen (secondary N) is 2. The van der Waals surface area contributed by atoms with Crippen LogP contribution in [-0.2, 0) is 4.84 Å². The maximum Gasteiger partial charge on any atom is 0.330 e. The Hall–Kier alpha value is -1.40. The van der Waals surface area contributed by atoms with Crippen LogP contribution in [-0.4, -0.2) is 16.1 Å². The number of aromatic amines is 1. The normalized spacial score (nSPS) is 21.4. The highest BCUT2D eigenvalue weighted by molar-refractivity contribution is 5.01. The van der Waals surface area contributed by atoms with Gasteiger partial charge in [-0.3, -0.25) is 19.2 Å². The Kier molecular flexibility index (Phi) is 2.22. The number of hydrogen-bond donors (Lipinski definition) is 2. The predicted molar refractivity (Wildman–Crippen MR) is 48.8 cm³/mol. The lowest BCUT2D eigenvalue weighted by atomic mass is 10.3. The van der Waals surface area contributed by atoms with E-state index in [9.17, 15) is 9.59 Å². The van der Waals surface area contributed by atoms with Gasteiger partial charge in [-0.2, -0.15) is 5.48 Å². The summed E-state index contributed by atoms with van der Waals surface area (Å²) >= 11 is 0. The summed E-state index contributed by atoms with van der Waals surface area (Å²) in [7, 11) is 0. The van der Waals surface area contributed by atoms with E-state index >= 15 is 0 Å². The number of aryl methyl sites for hydroxylation is 1. The first-order valence-corrected chi connectivity index (χ1v) is 4.39. The average Bonchev–Trinajstić information content (AvgIpc) is 2.64. The Morgan fingerprint density at radius 2 is 2.36 bits per heavy atom. The minimum Gasteiger partial charge on any atom is -0.276 e. The number of aromatic nitrogens is 2. The average molecular weight is 197 g/mol. The van der Waals surface area contributed by atoms with Gasteiger partial charge in [-0.1, -0.05) is 0 Å². The highest BCUT2D eigenvalue weighted by atomic mass is 16.7. The third kappa shape index (κ3) is 1.49. The summed E-state index contributed by atoms with van der Waals surface area (Å²) < 4.78 is 1.39. The zero-order valence-electron chi connectivity index (χ0n) is 7.74. The van der Waals surface area contributed by atoms with Crippen molar-refractivity contribution in [2.45, 2.75) is 19.6 Å². The lowest BCUT2D eigenvalue weighted by Gasteiger charge is -2.11. The van der Waals surface area contributed by atoms with Crippen LogP contribution >= 0.6 is 0 Å². The molecule has 0 saturated carbocycles. The fraction of sp³-hybridized carbons (Fsp3) is 0.500. The highest BCUT2D eigenvalue weighted by Gasteiger charge is 2.18. The summed E-state index contributed by atoms with van der Waals surface area (Å²) in [5, 5.41) is 0. The molecular formula is C8H11N3O3. The Morgan fingerprint density at radius 3 is 3.00 bits per heavy atom. The molecule has 1 aromatic rings. The van der Waals surface area contributed by atoms with E-state index < -0.39 is 5.69 Å². The van der Waals surface area contributed by atoms with Crippen molar-refractivity contribution in [2.24, 2.45) is 0 Å². The molecule has 14 heavy (non-hydrogen) atoms. The van der Waals surface area contributed by atoms with Crippen molar-refractivity contribution >= 4 is 0 Å². The highest BCUT2D eigenvalue weighted by Crippen LogP contribution is 2.13. The largest absolute Gasteiger partial charge is 0.330 e. The molecule has 0 aliphatic carbocycles. The summed E-state index contributed by atoms with van der Waals surface area (Å²) in [6, 6.07) is 0. The van der Waals surface area contributed by atoms with E-state index in [0.717, 1.165) is 0 Å². The van der Waals surface area contributed by atoms with Crippen LogP contribution in [0, 0.1) is 6.92 Å². The smallest absolute Gasteiger partial charge is 0.276 e. The lowest BCUT2D eigenvalue weighted by molar-refractivity contribution is -0.0121. The van der Waals surface area contributed by atoms with Crippen LogP contribution in [0.4, 0.5) is 0 Å². The van der Waals surface area contributed by atoms with Crippen molar-refractivity contribution < 1.29 is 4.84 Å². The molecule has 0 amide bonds. The minimum atomic E-state index is -0.436. The first-order valence-electron chi connectivity index (χ1n) is 4.39. The van der Waals surface area contributed by atoms with Crippen LogP contribution in [0.3, 0.4) is 0 Å². The molecule has 0 aromatic carbocycles. The van der Waals surface area contributed by atoms with Gasteiger partial charge in [0.05, 0.1) is 0 Å². The predicted octanol–water partition coefficient (Wildman–Crippen LogP) is -0.731. The molecule has 76 valence electrons. The van der Waals surface area contributed by atoms with Crippen LogP contribution < -0.4 is 16.7 Å². The van der Waals surface area contributed by atoms with Gasteiger partial charge in [0, 0.05) is 24.7 Å². The van der Waals surface area contributed by atoms with Gasteiger partial charge in [0.2, 0.25) is 0 Å².